The molecule has 0 bridgehead atoms. The molecule has 1 aromatic carbocycles. The quantitative estimate of drug-likeness (QED) is 0.482. The highest BCUT2D eigenvalue weighted by Gasteiger charge is 2.03. The zero-order valence-corrected chi connectivity index (χ0v) is 7.34. The molecule has 2 N–H and O–H groups in total. The van der Waals surface area contributed by atoms with E-state index in [0.717, 1.165) is 0 Å². The number of anilines is 1. The van der Waals surface area contributed by atoms with Crippen LogP contribution in [-0.2, 0) is 0 Å². The zero-order chi connectivity index (χ0) is 7.72. The summed E-state index contributed by atoms with van der Waals surface area (Å²) in [7, 11) is 0. The van der Waals surface area contributed by atoms with Crippen molar-refractivity contribution in [3.63, 3.8) is 0 Å². The van der Waals surface area contributed by atoms with Gasteiger partial charge in [0.25, 0.3) is 0 Å². The van der Waals surface area contributed by atoms with Gasteiger partial charge in [-0.15, -0.1) is 12.6 Å². The van der Waals surface area contributed by atoms with Crippen LogP contribution in [0.5, 0.6) is 0 Å². The highest BCUT2D eigenvalue weighted by atomic mass is 35.5. The van der Waals surface area contributed by atoms with Gasteiger partial charge in [0.15, 0.2) is 0 Å². The number of nitrogens with two attached hydrogens (primary N) is 1. The number of halogens is 2. The molecule has 0 aliphatic heterocycles. The van der Waals surface area contributed by atoms with Crippen LogP contribution in [0.15, 0.2) is 17.0 Å². The fourth-order valence-electron chi connectivity index (χ4n) is 0.554. The summed E-state index contributed by atoms with van der Waals surface area (Å²) < 4.78 is 0. The smallest absolute Gasteiger partial charge is 0.0832 e. The molecule has 4 heteroatoms. The fraction of sp³-hybridized carbons (Fsp3) is 0. The topological polar surface area (TPSA) is 26.0 Å². The van der Waals surface area contributed by atoms with E-state index >= 15 is 0 Å². The minimum absolute atomic E-state index is 0.370. The number of thiol groups is 1. The first-order valence-electron chi connectivity index (χ1n) is 2.55. The van der Waals surface area contributed by atoms with Crippen LogP contribution in [0.25, 0.3) is 0 Å². The van der Waals surface area contributed by atoms with E-state index in [4.69, 9.17) is 28.9 Å². The van der Waals surface area contributed by atoms with Gasteiger partial charge >= 0.3 is 0 Å². The van der Waals surface area contributed by atoms with Crippen molar-refractivity contribution in [1.29, 1.82) is 0 Å². The molecule has 0 aliphatic rings. The third-order valence-electron chi connectivity index (χ3n) is 1.09. The molecule has 1 nitrogen and oxygen atoms in total. The number of rotatable bonds is 0. The normalized spacial score (nSPS) is 9.90. The maximum absolute atomic E-state index is 5.69. The highest BCUT2D eigenvalue weighted by molar-refractivity contribution is 7.80. The summed E-state index contributed by atoms with van der Waals surface area (Å²) in [6.07, 6.45) is 0. The second-order valence-corrected chi connectivity index (χ2v) is 3.04. The number of hydrogen-bond acceptors (Lipinski definition) is 2. The number of benzene rings is 1. The molecule has 0 aromatic heterocycles. The maximum Gasteiger partial charge on any atom is 0.0832 e. The largest absolute Gasteiger partial charge is 0.397 e. The van der Waals surface area contributed by atoms with E-state index in [1.807, 2.05) is 0 Å². The Morgan fingerprint density at radius 3 is 2.30 bits per heavy atom. The lowest BCUT2D eigenvalue weighted by molar-refractivity contribution is 1.48. The lowest BCUT2D eigenvalue weighted by Crippen LogP contribution is -1.86. The third-order valence-corrected chi connectivity index (χ3v) is 2.49. The van der Waals surface area contributed by atoms with E-state index < -0.39 is 0 Å². The van der Waals surface area contributed by atoms with E-state index in [1.165, 1.54) is 0 Å². The fourth-order valence-corrected chi connectivity index (χ4v) is 1.14. The Balaban J connectivity index is 3.34. The predicted octanol–water partition coefficient (Wildman–Crippen LogP) is 2.86. The lowest BCUT2D eigenvalue weighted by Gasteiger charge is -2.01. The van der Waals surface area contributed by atoms with E-state index in [9.17, 15) is 0 Å². The van der Waals surface area contributed by atoms with E-state index in [-0.39, 0.29) is 0 Å². The Bertz CT molecular complexity index is 235. The van der Waals surface area contributed by atoms with Gasteiger partial charge in [0.05, 0.1) is 15.7 Å². The first-order chi connectivity index (χ1) is 4.63. The van der Waals surface area contributed by atoms with Crippen LogP contribution in [0.3, 0.4) is 0 Å². The highest BCUT2D eigenvalue weighted by Crippen LogP contribution is 2.32. The standard InChI is InChI=1S/C6H5Cl2NS/c7-5-3(9)1-2-4(10)6(5)8/h1-2,10H,9H2. The lowest BCUT2D eigenvalue weighted by atomic mass is 10.3. The van der Waals surface area contributed by atoms with Gasteiger partial charge in [-0.25, -0.2) is 0 Å². The van der Waals surface area contributed by atoms with Crippen molar-refractivity contribution >= 4 is 41.5 Å². The van der Waals surface area contributed by atoms with Crippen LogP contribution >= 0.6 is 35.8 Å². The summed E-state index contributed by atoms with van der Waals surface area (Å²) >= 11 is 15.4. The molecular formula is C6H5Cl2NS. The van der Waals surface area contributed by atoms with Gasteiger partial charge < -0.3 is 5.73 Å². The van der Waals surface area contributed by atoms with Gasteiger partial charge in [0.1, 0.15) is 0 Å². The Labute approximate surface area is 74.5 Å². The van der Waals surface area contributed by atoms with Crippen LogP contribution in [0.2, 0.25) is 10.0 Å². The number of hydrogen-bond donors (Lipinski definition) is 2. The van der Waals surface area contributed by atoms with Crippen LogP contribution < -0.4 is 5.73 Å². The molecule has 0 amide bonds. The average Bonchev–Trinajstić information content (AvgIpc) is 1.93. The van der Waals surface area contributed by atoms with E-state index in [1.54, 1.807) is 12.1 Å². The van der Waals surface area contributed by atoms with E-state index in [0.29, 0.717) is 20.6 Å². The molecule has 0 saturated carbocycles. The van der Waals surface area contributed by atoms with Crippen LogP contribution in [0, 0.1) is 0 Å². The average molecular weight is 194 g/mol. The summed E-state index contributed by atoms with van der Waals surface area (Å²) in [4.78, 5) is 0.640. The maximum atomic E-state index is 5.69. The van der Waals surface area contributed by atoms with Crippen LogP contribution in [0.1, 0.15) is 0 Å². The molecule has 0 spiro atoms. The van der Waals surface area contributed by atoms with Crippen molar-refractivity contribution in [2.24, 2.45) is 0 Å². The van der Waals surface area contributed by atoms with Gasteiger partial charge in [-0.3, -0.25) is 0 Å². The molecule has 10 heavy (non-hydrogen) atoms. The molecule has 0 unspecified atom stereocenters. The molecule has 0 fully saturated rings. The second kappa shape index (κ2) is 2.91. The van der Waals surface area contributed by atoms with Gasteiger partial charge in [0, 0.05) is 4.90 Å². The molecule has 0 radical (unpaired) electrons. The molecule has 1 rings (SSSR count). The predicted molar refractivity (Wildman–Crippen MR) is 48.1 cm³/mol. The Morgan fingerprint density at radius 2 is 1.80 bits per heavy atom. The summed E-state index contributed by atoms with van der Waals surface area (Å²) in [5.74, 6) is 0. The molecule has 0 heterocycles. The summed E-state index contributed by atoms with van der Waals surface area (Å²) in [5.41, 5.74) is 5.92. The van der Waals surface area contributed by atoms with Crippen molar-refractivity contribution < 1.29 is 0 Å². The summed E-state index contributed by atoms with van der Waals surface area (Å²) in [5, 5.41) is 0.777. The van der Waals surface area contributed by atoms with E-state index in [2.05, 4.69) is 12.6 Å². The SMILES string of the molecule is Nc1ccc(S)c(Cl)c1Cl. The Hall–Kier alpha value is -0.0500. The van der Waals surface area contributed by atoms with Gasteiger partial charge in [-0.2, -0.15) is 0 Å². The molecular weight excluding hydrogens is 189 g/mol. The second-order valence-electron chi connectivity index (χ2n) is 1.80. The summed E-state index contributed by atoms with van der Waals surface area (Å²) in [6, 6.07) is 3.36. The van der Waals surface area contributed by atoms with Crippen LogP contribution in [-0.4, -0.2) is 0 Å². The molecule has 1 aromatic rings. The van der Waals surface area contributed by atoms with Crippen molar-refractivity contribution in [2.45, 2.75) is 4.90 Å². The monoisotopic (exact) mass is 193 g/mol. The zero-order valence-electron chi connectivity index (χ0n) is 4.94. The summed E-state index contributed by atoms with van der Waals surface area (Å²) in [6.45, 7) is 0. The molecule has 0 atom stereocenters. The van der Waals surface area contributed by atoms with Crippen molar-refractivity contribution in [1.82, 2.24) is 0 Å². The Kier molecular flexibility index (Phi) is 2.34. The number of nitrogen functional groups attached to an aromatic ring is 1. The first kappa shape index (κ1) is 8.05. The van der Waals surface area contributed by atoms with Crippen molar-refractivity contribution in [3.8, 4) is 0 Å². The Morgan fingerprint density at radius 1 is 1.20 bits per heavy atom. The van der Waals surface area contributed by atoms with Crippen molar-refractivity contribution in [3.05, 3.63) is 22.2 Å². The van der Waals surface area contributed by atoms with Gasteiger partial charge in [-0.1, -0.05) is 23.2 Å². The van der Waals surface area contributed by atoms with Gasteiger partial charge in [0.2, 0.25) is 0 Å². The molecule has 54 valence electrons. The first-order valence-corrected chi connectivity index (χ1v) is 3.75. The third kappa shape index (κ3) is 1.34. The van der Waals surface area contributed by atoms with Crippen LogP contribution in [0.4, 0.5) is 5.69 Å². The molecule has 0 aliphatic carbocycles. The minimum Gasteiger partial charge on any atom is -0.397 e. The van der Waals surface area contributed by atoms with Gasteiger partial charge in [-0.05, 0) is 12.1 Å². The molecule has 0 saturated heterocycles. The van der Waals surface area contributed by atoms with Crippen molar-refractivity contribution in [2.75, 3.05) is 5.73 Å². The minimum atomic E-state index is 0.370.